The molecule has 0 saturated heterocycles. The van der Waals surface area contributed by atoms with Gasteiger partial charge in [-0.25, -0.2) is 4.39 Å². The first-order valence-corrected chi connectivity index (χ1v) is 6.75. The van der Waals surface area contributed by atoms with Gasteiger partial charge in [-0.1, -0.05) is 13.0 Å². The van der Waals surface area contributed by atoms with E-state index in [0.717, 1.165) is 6.54 Å². The lowest BCUT2D eigenvalue weighted by Crippen LogP contribution is -2.53. The fraction of sp³-hybridized carbons (Fsp3) is 0.533. The predicted molar refractivity (Wildman–Crippen MR) is 77.3 cm³/mol. The van der Waals surface area contributed by atoms with Crippen molar-refractivity contribution in [3.05, 3.63) is 30.1 Å². The molecule has 112 valence electrons. The average molecular weight is 282 g/mol. The molecule has 1 N–H and O–H groups in total. The number of carbonyl (C=O) groups excluding carboxylic acids is 1. The molecule has 0 aromatic heterocycles. The first-order chi connectivity index (χ1) is 9.36. The summed E-state index contributed by atoms with van der Waals surface area (Å²) < 4.78 is 18.4. The third-order valence-electron chi connectivity index (χ3n) is 2.99. The van der Waals surface area contributed by atoms with Crippen LogP contribution in [0, 0.1) is 5.82 Å². The van der Waals surface area contributed by atoms with Gasteiger partial charge in [0.05, 0.1) is 12.1 Å². The quantitative estimate of drug-likeness (QED) is 0.832. The van der Waals surface area contributed by atoms with Gasteiger partial charge in [-0.15, -0.1) is 0 Å². The molecular weight excluding hydrogens is 259 g/mol. The lowest BCUT2D eigenvalue weighted by atomic mass is 10.0. The maximum absolute atomic E-state index is 13.0. The van der Waals surface area contributed by atoms with Crippen LogP contribution in [-0.2, 0) is 4.79 Å². The zero-order chi connectivity index (χ0) is 15.2. The summed E-state index contributed by atoms with van der Waals surface area (Å²) in [5, 5.41) is 3.14. The lowest BCUT2D eigenvalue weighted by molar-refractivity contribution is -0.136. The van der Waals surface area contributed by atoms with Crippen molar-refractivity contribution in [1.82, 2.24) is 10.2 Å². The Morgan fingerprint density at radius 1 is 1.45 bits per heavy atom. The van der Waals surface area contributed by atoms with E-state index in [1.165, 1.54) is 12.1 Å². The highest BCUT2D eigenvalue weighted by molar-refractivity contribution is 5.85. The smallest absolute Gasteiger partial charge is 0.242 e. The van der Waals surface area contributed by atoms with Gasteiger partial charge in [0.2, 0.25) is 5.91 Å². The Morgan fingerprint density at radius 2 is 2.15 bits per heavy atom. The highest BCUT2D eigenvalue weighted by Gasteiger charge is 2.28. The molecule has 0 atom stereocenters. The van der Waals surface area contributed by atoms with E-state index < -0.39 is 5.54 Å². The molecule has 0 spiro atoms. The lowest BCUT2D eigenvalue weighted by Gasteiger charge is -2.30. The summed E-state index contributed by atoms with van der Waals surface area (Å²) >= 11 is 0. The molecule has 0 bridgehead atoms. The van der Waals surface area contributed by atoms with Crippen molar-refractivity contribution in [3.63, 3.8) is 0 Å². The Morgan fingerprint density at radius 3 is 2.75 bits per heavy atom. The van der Waals surface area contributed by atoms with Crippen LogP contribution in [0.15, 0.2) is 24.3 Å². The number of hydrogen-bond acceptors (Lipinski definition) is 3. The van der Waals surface area contributed by atoms with E-state index in [4.69, 9.17) is 4.74 Å². The molecule has 0 fully saturated rings. The van der Waals surface area contributed by atoms with Crippen molar-refractivity contribution in [2.75, 3.05) is 26.7 Å². The number of likely N-dealkylation sites (N-methyl/N-ethyl adjacent to an activating group) is 2. The van der Waals surface area contributed by atoms with Gasteiger partial charge >= 0.3 is 0 Å². The third-order valence-corrected chi connectivity index (χ3v) is 2.99. The summed E-state index contributed by atoms with van der Waals surface area (Å²) in [4.78, 5) is 13.8. The maximum Gasteiger partial charge on any atom is 0.242 e. The largest absolute Gasteiger partial charge is 0.492 e. The minimum Gasteiger partial charge on any atom is -0.492 e. The molecule has 1 aromatic rings. The van der Waals surface area contributed by atoms with Crippen molar-refractivity contribution in [3.8, 4) is 5.75 Å². The Hall–Kier alpha value is -1.62. The standard InChI is InChI=1S/C15H23FN2O2/c1-5-17-15(2,3)14(19)18(4)9-10-20-13-8-6-7-12(16)11-13/h6-8,11,17H,5,9-10H2,1-4H3. The number of nitrogens with zero attached hydrogens (tertiary/aromatic N) is 1. The molecule has 0 saturated carbocycles. The first-order valence-electron chi connectivity index (χ1n) is 6.75. The van der Waals surface area contributed by atoms with Crippen LogP contribution in [0.25, 0.3) is 0 Å². The van der Waals surface area contributed by atoms with Crippen molar-refractivity contribution in [2.24, 2.45) is 0 Å². The molecule has 0 aliphatic rings. The summed E-state index contributed by atoms with van der Waals surface area (Å²) in [6, 6.07) is 5.97. The van der Waals surface area contributed by atoms with Gasteiger partial charge in [-0.2, -0.15) is 0 Å². The molecule has 0 radical (unpaired) electrons. The number of nitrogens with one attached hydrogen (secondary N) is 1. The van der Waals surface area contributed by atoms with E-state index in [1.54, 1.807) is 24.1 Å². The molecule has 5 heteroatoms. The molecule has 0 heterocycles. The molecule has 20 heavy (non-hydrogen) atoms. The number of halogens is 1. The number of hydrogen-bond donors (Lipinski definition) is 1. The molecule has 1 amide bonds. The van der Waals surface area contributed by atoms with Crippen LogP contribution in [0.4, 0.5) is 4.39 Å². The van der Waals surface area contributed by atoms with Crippen LogP contribution >= 0.6 is 0 Å². The summed E-state index contributed by atoms with van der Waals surface area (Å²) in [7, 11) is 1.73. The fourth-order valence-corrected chi connectivity index (χ4v) is 1.95. The van der Waals surface area contributed by atoms with Gasteiger partial charge in [-0.3, -0.25) is 4.79 Å². The SMILES string of the molecule is CCNC(C)(C)C(=O)N(C)CCOc1cccc(F)c1. The minimum absolute atomic E-state index is 0.00203. The van der Waals surface area contributed by atoms with E-state index in [9.17, 15) is 9.18 Å². The van der Waals surface area contributed by atoms with Crippen LogP contribution in [0.5, 0.6) is 5.75 Å². The number of rotatable bonds is 7. The fourth-order valence-electron chi connectivity index (χ4n) is 1.95. The van der Waals surface area contributed by atoms with Crippen molar-refractivity contribution in [2.45, 2.75) is 26.3 Å². The van der Waals surface area contributed by atoms with Crippen LogP contribution < -0.4 is 10.1 Å². The highest BCUT2D eigenvalue weighted by atomic mass is 19.1. The van der Waals surface area contributed by atoms with Gasteiger partial charge in [0.25, 0.3) is 0 Å². The minimum atomic E-state index is -0.595. The third kappa shape index (κ3) is 4.81. The topological polar surface area (TPSA) is 41.6 Å². The Kier molecular flexibility index (Phi) is 5.95. The maximum atomic E-state index is 13.0. The molecule has 0 unspecified atom stereocenters. The summed E-state index contributed by atoms with van der Waals surface area (Å²) in [6.45, 7) is 7.16. The summed E-state index contributed by atoms with van der Waals surface area (Å²) in [5.74, 6) is 0.138. The number of benzene rings is 1. The highest BCUT2D eigenvalue weighted by Crippen LogP contribution is 2.12. The molecule has 0 aliphatic heterocycles. The van der Waals surface area contributed by atoms with Gasteiger partial charge < -0.3 is 15.0 Å². The van der Waals surface area contributed by atoms with Gasteiger partial charge in [0, 0.05) is 13.1 Å². The second-order valence-corrected chi connectivity index (χ2v) is 5.19. The second-order valence-electron chi connectivity index (χ2n) is 5.19. The molecule has 0 aliphatic carbocycles. The Bertz CT molecular complexity index is 449. The van der Waals surface area contributed by atoms with E-state index in [1.807, 2.05) is 20.8 Å². The number of amides is 1. The molecule has 1 rings (SSSR count). The van der Waals surface area contributed by atoms with Crippen LogP contribution in [0.1, 0.15) is 20.8 Å². The molecule has 4 nitrogen and oxygen atoms in total. The van der Waals surface area contributed by atoms with Gasteiger partial charge in [0.1, 0.15) is 18.2 Å². The molecule has 1 aromatic carbocycles. The summed E-state index contributed by atoms with van der Waals surface area (Å²) in [5.41, 5.74) is -0.595. The van der Waals surface area contributed by atoms with Crippen molar-refractivity contribution < 1.29 is 13.9 Å². The average Bonchev–Trinajstić information content (AvgIpc) is 2.37. The monoisotopic (exact) mass is 282 g/mol. The Balaban J connectivity index is 2.43. The van der Waals surface area contributed by atoms with Crippen LogP contribution in [0.3, 0.4) is 0 Å². The van der Waals surface area contributed by atoms with E-state index in [-0.39, 0.29) is 11.7 Å². The normalized spacial score (nSPS) is 11.2. The van der Waals surface area contributed by atoms with E-state index in [0.29, 0.717) is 18.9 Å². The zero-order valence-corrected chi connectivity index (χ0v) is 12.6. The number of carbonyl (C=O) groups is 1. The van der Waals surface area contributed by atoms with E-state index in [2.05, 4.69) is 5.32 Å². The second kappa shape index (κ2) is 7.24. The van der Waals surface area contributed by atoms with Crippen molar-refractivity contribution in [1.29, 1.82) is 0 Å². The van der Waals surface area contributed by atoms with Gasteiger partial charge in [0.15, 0.2) is 0 Å². The number of ether oxygens (including phenoxy) is 1. The molecular formula is C15H23FN2O2. The Labute approximate surface area is 119 Å². The van der Waals surface area contributed by atoms with Crippen LogP contribution in [0.2, 0.25) is 0 Å². The van der Waals surface area contributed by atoms with Gasteiger partial charge in [-0.05, 0) is 32.5 Å². The zero-order valence-electron chi connectivity index (χ0n) is 12.6. The van der Waals surface area contributed by atoms with Crippen molar-refractivity contribution >= 4 is 5.91 Å². The van der Waals surface area contributed by atoms with E-state index >= 15 is 0 Å². The van der Waals surface area contributed by atoms with Crippen LogP contribution in [-0.4, -0.2) is 43.1 Å². The first kappa shape index (κ1) is 16.4. The predicted octanol–water partition coefficient (Wildman–Crippen LogP) is 2.05. The summed E-state index contributed by atoms with van der Waals surface area (Å²) in [6.07, 6.45) is 0.